The molecule has 0 spiro atoms. The Kier molecular flexibility index (Phi) is 13.5. The summed E-state index contributed by atoms with van der Waals surface area (Å²) in [5, 5.41) is 20.0. The van der Waals surface area contributed by atoms with Gasteiger partial charge >= 0.3 is 7.69 Å². The Morgan fingerprint density at radius 2 is 0.800 bits per heavy atom. The lowest BCUT2D eigenvalue weighted by atomic mass is 10.0. The standard InChI is InChI=1S/C30H21FN2.C18H12BFNO2.C12H10BrN/c31-27-20-22(33-29-16-8-5-13-25(29)26-14-6-9-17-30(26)33)18-19-23(27)24-12-4-7-15-28(24)32-21-10-2-1-3-11-21;20-15-11-12(9-10-18(15)23-19-22)21-16-7-3-1-5-13(16)14-6-2-4-8-17(14)21;13-11-8-4-5-9-12(11)14-10-6-2-1-3-7-10/h1-20,32H;1-11,22H;1-9,14H. The third kappa shape index (κ3) is 9.51. The average Bonchev–Trinajstić information content (AvgIpc) is 3.92. The third-order valence-electron chi connectivity index (χ3n) is 11.9. The predicted octanol–water partition coefficient (Wildman–Crippen LogP) is 16.4. The van der Waals surface area contributed by atoms with Crippen molar-refractivity contribution in [1.29, 1.82) is 0 Å². The van der Waals surface area contributed by atoms with Crippen LogP contribution in [0, 0.1) is 11.6 Å². The number of nitrogens with zero attached hydrogens (tertiary/aromatic N) is 2. The first-order chi connectivity index (χ1) is 34.4. The number of para-hydroxylation sites is 8. The van der Waals surface area contributed by atoms with Gasteiger partial charge in [-0.15, -0.1) is 0 Å². The highest BCUT2D eigenvalue weighted by Gasteiger charge is 2.16. The molecule has 0 aliphatic rings. The van der Waals surface area contributed by atoms with Crippen molar-refractivity contribution in [2.45, 2.75) is 0 Å². The van der Waals surface area contributed by atoms with Gasteiger partial charge in [0.15, 0.2) is 5.82 Å². The van der Waals surface area contributed by atoms with Gasteiger partial charge in [0.2, 0.25) is 0 Å². The van der Waals surface area contributed by atoms with Gasteiger partial charge in [-0.05, 0) is 113 Å². The van der Waals surface area contributed by atoms with Gasteiger partial charge in [-0.3, -0.25) is 0 Å². The highest BCUT2D eigenvalue weighted by molar-refractivity contribution is 9.10. The lowest BCUT2D eigenvalue weighted by Crippen LogP contribution is -2.03. The van der Waals surface area contributed by atoms with Crippen molar-refractivity contribution in [2.24, 2.45) is 0 Å². The zero-order valence-corrected chi connectivity index (χ0v) is 39.1. The van der Waals surface area contributed by atoms with Crippen LogP contribution in [0.3, 0.4) is 0 Å². The minimum atomic E-state index is -0.533. The van der Waals surface area contributed by atoms with Crippen molar-refractivity contribution in [1.82, 2.24) is 9.13 Å². The third-order valence-corrected chi connectivity index (χ3v) is 12.6. The van der Waals surface area contributed by atoms with Crippen molar-refractivity contribution < 1.29 is 18.5 Å². The van der Waals surface area contributed by atoms with Crippen LogP contribution in [0.5, 0.6) is 5.75 Å². The Bertz CT molecular complexity index is 3650. The first-order valence-corrected chi connectivity index (χ1v) is 23.4. The van der Waals surface area contributed by atoms with E-state index in [1.54, 1.807) is 12.1 Å². The van der Waals surface area contributed by atoms with E-state index < -0.39 is 5.82 Å². The lowest BCUT2D eigenvalue weighted by Gasteiger charge is -2.14. The van der Waals surface area contributed by atoms with Crippen molar-refractivity contribution in [3.63, 3.8) is 0 Å². The van der Waals surface area contributed by atoms with Crippen LogP contribution in [-0.4, -0.2) is 21.8 Å². The molecule has 10 aromatic carbocycles. The number of benzene rings is 10. The maximum Gasteiger partial charge on any atom is 0.569 e. The topological polar surface area (TPSA) is 63.4 Å². The van der Waals surface area contributed by atoms with Gasteiger partial charge in [0, 0.05) is 71.6 Å². The minimum Gasteiger partial charge on any atom is -0.535 e. The van der Waals surface area contributed by atoms with E-state index in [0.29, 0.717) is 18.9 Å². The van der Waals surface area contributed by atoms with Crippen molar-refractivity contribution >= 4 is 90.0 Å². The number of anilines is 4. The maximum atomic E-state index is 15.6. The van der Waals surface area contributed by atoms with E-state index in [0.717, 1.165) is 82.1 Å². The van der Waals surface area contributed by atoms with Gasteiger partial charge in [-0.1, -0.05) is 140 Å². The van der Waals surface area contributed by atoms with Crippen LogP contribution in [0.15, 0.2) is 247 Å². The molecule has 0 amide bonds. The molecule has 0 atom stereocenters. The molecule has 0 aliphatic carbocycles. The predicted molar refractivity (Wildman–Crippen MR) is 289 cm³/mol. The number of halogens is 3. The van der Waals surface area contributed by atoms with Gasteiger partial charge in [-0.25, -0.2) is 8.78 Å². The van der Waals surface area contributed by atoms with Crippen LogP contribution < -0.4 is 15.3 Å². The lowest BCUT2D eigenvalue weighted by molar-refractivity contribution is 0.431. The zero-order valence-electron chi connectivity index (χ0n) is 37.6. The second-order valence-corrected chi connectivity index (χ2v) is 17.1. The molecule has 2 heterocycles. The SMILES string of the molecule is Brc1ccccc1Nc1ccccc1.Fc1cc(-n2c3ccccc3c3ccccc32)ccc1-c1ccccc1Nc1ccccc1.O[B]Oc1ccc(-n2c3ccccc3c3ccccc32)cc1F. The molecule has 0 saturated carbocycles. The summed E-state index contributed by atoms with van der Waals surface area (Å²) in [4.78, 5) is 0. The molecular weight excluding hydrogens is 937 g/mol. The smallest absolute Gasteiger partial charge is 0.535 e. The molecule has 12 aromatic rings. The van der Waals surface area contributed by atoms with Crippen LogP contribution in [0.2, 0.25) is 0 Å². The van der Waals surface area contributed by atoms with Crippen molar-refractivity contribution in [3.05, 3.63) is 259 Å². The Balaban J connectivity index is 0.000000133. The molecule has 70 heavy (non-hydrogen) atoms. The number of hydrogen-bond acceptors (Lipinski definition) is 4. The van der Waals surface area contributed by atoms with Crippen LogP contribution in [-0.2, 0) is 0 Å². The molecular formula is C60H43BBrF2N4O2. The molecule has 3 N–H and O–H groups in total. The molecule has 0 aliphatic heterocycles. The van der Waals surface area contributed by atoms with Crippen LogP contribution in [0.25, 0.3) is 66.1 Å². The zero-order chi connectivity index (χ0) is 47.8. The van der Waals surface area contributed by atoms with Crippen molar-refractivity contribution in [3.8, 4) is 28.3 Å². The summed E-state index contributed by atoms with van der Waals surface area (Å²) in [6, 6.07) is 78.7. The van der Waals surface area contributed by atoms with Gasteiger partial charge < -0.3 is 29.4 Å². The molecule has 0 bridgehead atoms. The molecule has 0 unspecified atom stereocenters. The summed E-state index contributed by atoms with van der Waals surface area (Å²) in [5.74, 6) is -0.802. The van der Waals surface area contributed by atoms with Crippen LogP contribution in [0.4, 0.5) is 31.5 Å². The average molecular weight is 981 g/mol. The summed E-state index contributed by atoms with van der Waals surface area (Å²) in [6.45, 7) is 0. The molecule has 2 aromatic heterocycles. The summed E-state index contributed by atoms with van der Waals surface area (Å²) in [5.41, 5.74) is 11.1. The van der Waals surface area contributed by atoms with E-state index in [4.69, 9.17) is 9.68 Å². The number of hydrogen-bond donors (Lipinski definition) is 3. The second kappa shape index (κ2) is 20.8. The van der Waals surface area contributed by atoms with Gasteiger partial charge in [0.25, 0.3) is 0 Å². The molecule has 10 heteroatoms. The Morgan fingerprint density at radius 1 is 0.400 bits per heavy atom. The largest absolute Gasteiger partial charge is 0.569 e. The first-order valence-electron chi connectivity index (χ1n) is 22.6. The van der Waals surface area contributed by atoms with Gasteiger partial charge in [0.1, 0.15) is 11.6 Å². The number of nitrogens with one attached hydrogen (secondary N) is 2. The fourth-order valence-electron chi connectivity index (χ4n) is 8.79. The molecule has 0 fully saturated rings. The van der Waals surface area contributed by atoms with E-state index in [1.165, 1.54) is 12.1 Å². The van der Waals surface area contributed by atoms with E-state index in [9.17, 15) is 4.39 Å². The molecule has 1 radical (unpaired) electrons. The molecule has 6 nitrogen and oxygen atoms in total. The van der Waals surface area contributed by atoms with Crippen LogP contribution in [0.1, 0.15) is 0 Å². The summed E-state index contributed by atoms with van der Waals surface area (Å²) >= 11 is 3.49. The fraction of sp³-hybridized carbons (Fsp3) is 0. The summed E-state index contributed by atoms with van der Waals surface area (Å²) < 4.78 is 39.7. The molecule has 0 saturated heterocycles. The minimum absolute atomic E-state index is 0.0167. The summed E-state index contributed by atoms with van der Waals surface area (Å²) in [7, 11) is 0.471. The van der Waals surface area contributed by atoms with E-state index in [2.05, 4.69) is 67.5 Å². The van der Waals surface area contributed by atoms with E-state index in [1.807, 2.05) is 187 Å². The normalized spacial score (nSPS) is 10.9. The maximum absolute atomic E-state index is 15.6. The Hall–Kier alpha value is -8.44. The molecule has 12 rings (SSSR count). The number of fused-ring (bicyclic) bond motifs is 6. The highest BCUT2D eigenvalue weighted by atomic mass is 79.9. The highest BCUT2D eigenvalue weighted by Crippen LogP contribution is 2.37. The van der Waals surface area contributed by atoms with E-state index >= 15 is 4.39 Å². The van der Waals surface area contributed by atoms with Crippen LogP contribution >= 0.6 is 15.9 Å². The number of rotatable bonds is 9. The molecule has 339 valence electrons. The van der Waals surface area contributed by atoms with Crippen molar-refractivity contribution in [2.75, 3.05) is 10.6 Å². The van der Waals surface area contributed by atoms with Gasteiger partial charge in [0.05, 0.1) is 27.8 Å². The Morgan fingerprint density at radius 3 is 1.27 bits per heavy atom. The van der Waals surface area contributed by atoms with Gasteiger partial charge in [-0.2, -0.15) is 0 Å². The quantitative estimate of drug-likeness (QED) is 0.126. The summed E-state index contributed by atoms with van der Waals surface area (Å²) in [6.07, 6.45) is 0. The Labute approximate surface area is 413 Å². The number of aromatic nitrogens is 2. The fourth-order valence-corrected chi connectivity index (χ4v) is 9.17. The monoisotopic (exact) mass is 979 g/mol. The second-order valence-electron chi connectivity index (χ2n) is 16.2. The first kappa shape index (κ1) is 45.4. The van der Waals surface area contributed by atoms with E-state index in [-0.39, 0.29) is 11.6 Å².